The number of anilines is 1. The fourth-order valence-corrected chi connectivity index (χ4v) is 1.75. The molecule has 0 saturated carbocycles. The summed E-state index contributed by atoms with van der Waals surface area (Å²) >= 11 is 0. The van der Waals surface area contributed by atoms with E-state index < -0.39 is 0 Å². The number of aryl methyl sites for hydroxylation is 2. The minimum absolute atomic E-state index is 0.186. The highest BCUT2D eigenvalue weighted by Crippen LogP contribution is 2.15. The summed E-state index contributed by atoms with van der Waals surface area (Å²) in [6, 6.07) is 5.80. The molecule has 1 aromatic heterocycles. The van der Waals surface area contributed by atoms with Crippen LogP contribution >= 0.6 is 0 Å². The van der Waals surface area contributed by atoms with Crippen LogP contribution in [0.1, 0.15) is 11.1 Å². The summed E-state index contributed by atoms with van der Waals surface area (Å²) in [5.41, 5.74) is 3.02. The number of rotatable bonds is 4. The van der Waals surface area contributed by atoms with Crippen molar-refractivity contribution in [1.29, 1.82) is 0 Å². The summed E-state index contributed by atoms with van der Waals surface area (Å²) in [6.07, 6.45) is 5.31. The van der Waals surface area contributed by atoms with Crippen LogP contribution in [0.15, 0.2) is 36.9 Å². The highest BCUT2D eigenvalue weighted by molar-refractivity contribution is 5.90. The van der Waals surface area contributed by atoms with Crippen LogP contribution in [0.25, 0.3) is 0 Å². The average molecular weight is 258 g/mol. The first-order valence-electron chi connectivity index (χ1n) is 6.23. The topological polar surface area (TPSA) is 59.0 Å². The minimum atomic E-state index is -0.186. The predicted octanol–water partition coefficient (Wildman–Crippen LogP) is 2.32. The third-order valence-corrected chi connectivity index (χ3v) is 2.86. The van der Waals surface area contributed by atoms with E-state index in [1.165, 1.54) is 0 Å². The number of hydrogen-bond donors (Lipinski definition) is 2. The molecule has 0 aliphatic rings. The highest BCUT2D eigenvalue weighted by atomic mass is 16.2. The van der Waals surface area contributed by atoms with Gasteiger partial charge in [-0.15, -0.1) is 0 Å². The minimum Gasteiger partial charge on any atom is -0.336 e. The number of urea groups is 1. The van der Waals surface area contributed by atoms with Crippen molar-refractivity contribution in [3.05, 3.63) is 48.0 Å². The standard InChI is InChI=1S/C14H18N4O/c1-11-3-4-12(2)13(9-11)17-14(19)16-6-8-18-7-5-15-10-18/h3-5,7,9-10H,6,8H2,1-2H3,(H2,16,17,19). The number of aromatic nitrogens is 2. The number of nitrogens with zero attached hydrogens (tertiary/aromatic N) is 2. The smallest absolute Gasteiger partial charge is 0.319 e. The Morgan fingerprint density at radius 1 is 1.37 bits per heavy atom. The van der Waals surface area contributed by atoms with Crippen LogP contribution in [0.4, 0.5) is 10.5 Å². The predicted molar refractivity (Wildman–Crippen MR) is 75.2 cm³/mol. The summed E-state index contributed by atoms with van der Waals surface area (Å²) in [4.78, 5) is 15.7. The van der Waals surface area contributed by atoms with Crippen LogP contribution in [-0.4, -0.2) is 22.1 Å². The molecular weight excluding hydrogens is 240 g/mol. The van der Waals surface area contributed by atoms with Crippen LogP contribution in [0.3, 0.4) is 0 Å². The number of benzene rings is 1. The number of carbonyl (C=O) groups is 1. The van der Waals surface area contributed by atoms with Gasteiger partial charge >= 0.3 is 6.03 Å². The zero-order valence-corrected chi connectivity index (χ0v) is 11.2. The summed E-state index contributed by atoms with van der Waals surface area (Å²) in [5, 5.41) is 5.67. The van der Waals surface area contributed by atoms with E-state index in [1.807, 2.05) is 42.8 Å². The molecule has 2 N–H and O–H groups in total. The molecule has 1 aromatic carbocycles. The third-order valence-electron chi connectivity index (χ3n) is 2.86. The molecule has 2 aromatic rings. The van der Waals surface area contributed by atoms with Gasteiger partial charge in [-0.25, -0.2) is 9.78 Å². The Bertz CT molecular complexity index is 549. The van der Waals surface area contributed by atoms with Gasteiger partial charge in [-0.2, -0.15) is 0 Å². The first kappa shape index (κ1) is 13.1. The molecule has 0 aliphatic heterocycles. The van der Waals surface area contributed by atoms with Crippen LogP contribution < -0.4 is 10.6 Å². The Balaban J connectivity index is 1.82. The lowest BCUT2D eigenvalue weighted by Crippen LogP contribution is -2.31. The van der Waals surface area contributed by atoms with Crippen molar-refractivity contribution in [3.8, 4) is 0 Å². The van der Waals surface area contributed by atoms with Gasteiger partial charge in [-0.3, -0.25) is 0 Å². The van der Waals surface area contributed by atoms with Crippen molar-refractivity contribution in [2.45, 2.75) is 20.4 Å². The number of imidazole rings is 1. The Labute approximate surface area is 112 Å². The molecule has 2 rings (SSSR count). The Morgan fingerprint density at radius 3 is 2.95 bits per heavy atom. The molecule has 5 nitrogen and oxygen atoms in total. The lowest BCUT2D eigenvalue weighted by molar-refractivity contribution is 0.251. The van der Waals surface area contributed by atoms with Gasteiger partial charge in [0.25, 0.3) is 0 Å². The van der Waals surface area contributed by atoms with Gasteiger partial charge in [-0.05, 0) is 31.0 Å². The molecule has 100 valence electrons. The molecule has 0 unspecified atom stereocenters. The van der Waals surface area contributed by atoms with E-state index in [-0.39, 0.29) is 6.03 Å². The fraction of sp³-hybridized carbons (Fsp3) is 0.286. The molecule has 1 heterocycles. The molecule has 0 spiro atoms. The molecular formula is C14H18N4O. The van der Waals surface area contributed by atoms with Crippen molar-refractivity contribution < 1.29 is 4.79 Å². The van der Waals surface area contributed by atoms with Crippen LogP contribution in [-0.2, 0) is 6.54 Å². The zero-order valence-electron chi connectivity index (χ0n) is 11.2. The monoisotopic (exact) mass is 258 g/mol. The summed E-state index contributed by atoms with van der Waals surface area (Å²) < 4.78 is 1.91. The molecule has 0 aliphatic carbocycles. The highest BCUT2D eigenvalue weighted by Gasteiger charge is 2.03. The van der Waals surface area contributed by atoms with Crippen molar-refractivity contribution in [2.24, 2.45) is 0 Å². The molecule has 0 saturated heterocycles. The molecule has 19 heavy (non-hydrogen) atoms. The van der Waals surface area contributed by atoms with Gasteiger partial charge in [0.15, 0.2) is 0 Å². The SMILES string of the molecule is Cc1ccc(C)c(NC(=O)NCCn2ccnc2)c1. The number of amides is 2. The Kier molecular flexibility index (Phi) is 4.18. The largest absolute Gasteiger partial charge is 0.336 e. The molecule has 2 amide bonds. The van der Waals surface area contributed by atoms with Gasteiger partial charge in [0, 0.05) is 31.2 Å². The lowest BCUT2D eigenvalue weighted by atomic mass is 10.1. The van der Waals surface area contributed by atoms with Gasteiger partial charge < -0.3 is 15.2 Å². The quantitative estimate of drug-likeness (QED) is 0.884. The number of nitrogens with one attached hydrogen (secondary N) is 2. The van der Waals surface area contributed by atoms with Gasteiger partial charge in [0.1, 0.15) is 0 Å². The van der Waals surface area contributed by atoms with Crippen LogP contribution in [0, 0.1) is 13.8 Å². The van der Waals surface area contributed by atoms with Gasteiger partial charge in [0.05, 0.1) is 6.33 Å². The number of hydrogen-bond acceptors (Lipinski definition) is 2. The fourth-order valence-electron chi connectivity index (χ4n) is 1.75. The first-order valence-corrected chi connectivity index (χ1v) is 6.23. The second-order valence-corrected chi connectivity index (χ2v) is 4.50. The maximum atomic E-state index is 11.8. The van der Waals surface area contributed by atoms with Crippen molar-refractivity contribution in [1.82, 2.24) is 14.9 Å². The van der Waals surface area contributed by atoms with Gasteiger partial charge in [-0.1, -0.05) is 12.1 Å². The van der Waals surface area contributed by atoms with Crippen LogP contribution in [0.2, 0.25) is 0 Å². The molecule has 0 atom stereocenters. The van der Waals surface area contributed by atoms with Crippen molar-refractivity contribution in [2.75, 3.05) is 11.9 Å². The molecule has 0 fully saturated rings. The Hall–Kier alpha value is -2.30. The van der Waals surface area contributed by atoms with E-state index >= 15 is 0 Å². The molecule has 5 heteroatoms. The van der Waals surface area contributed by atoms with Crippen molar-refractivity contribution in [3.63, 3.8) is 0 Å². The van der Waals surface area contributed by atoms with E-state index in [0.29, 0.717) is 13.1 Å². The maximum absolute atomic E-state index is 11.8. The lowest BCUT2D eigenvalue weighted by Gasteiger charge is -2.10. The average Bonchev–Trinajstić information content (AvgIpc) is 2.87. The van der Waals surface area contributed by atoms with Crippen LogP contribution in [0.5, 0.6) is 0 Å². The van der Waals surface area contributed by atoms with E-state index in [2.05, 4.69) is 15.6 Å². The molecule has 0 bridgehead atoms. The Morgan fingerprint density at radius 2 is 2.21 bits per heavy atom. The second-order valence-electron chi connectivity index (χ2n) is 4.50. The third kappa shape index (κ3) is 3.84. The summed E-state index contributed by atoms with van der Waals surface area (Å²) in [7, 11) is 0. The summed E-state index contributed by atoms with van der Waals surface area (Å²) in [6.45, 7) is 5.25. The van der Waals surface area contributed by atoms with E-state index in [0.717, 1.165) is 16.8 Å². The normalized spacial score (nSPS) is 10.2. The number of carbonyl (C=O) groups excluding carboxylic acids is 1. The van der Waals surface area contributed by atoms with Gasteiger partial charge in [0.2, 0.25) is 0 Å². The van der Waals surface area contributed by atoms with Crippen molar-refractivity contribution >= 4 is 11.7 Å². The zero-order chi connectivity index (χ0) is 13.7. The maximum Gasteiger partial charge on any atom is 0.319 e. The van der Waals surface area contributed by atoms with E-state index in [4.69, 9.17) is 0 Å². The summed E-state index contributed by atoms with van der Waals surface area (Å²) in [5.74, 6) is 0. The first-order chi connectivity index (χ1) is 9.15. The van der Waals surface area contributed by atoms with E-state index in [1.54, 1.807) is 12.5 Å². The second kappa shape index (κ2) is 6.04. The van der Waals surface area contributed by atoms with E-state index in [9.17, 15) is 4.79 Å². The molecule has 0 radical (unpaired) electrons.